The van der Waals surface area contributed by atoms with Gasteiger partial charge in [0, 0.05) is 7.05 Å². The summed E-state index contributed by atoms with van der Waals surface area (Å²) in [6.45, 7) is 5.61. The summed E-state index contributed by atoms with van der Waals surface area (Å²) in [6, 6.07) is 0. The predicted molar refractivity (Wildman–Crippen MR) is 45.3 cm³/mol. The van der Waals surface area contributed by atoms with Crippen LogP contribution in [-0.4, -0.2) is 10.8 Å². The van der Waals surface area contributed by atoms with Crippen molar-refractivity contribution in [2.24, 2.45) is 5.10 Å². The van der Waals surface area contributed by atoms with Gasteiger partial charge in [0.05, 0.1) is 0 Å². The molecule has 46 valence electrons. The summed E-state index contributed by atoms with van der Waals surface area (Å²) in [5.74, 6) is 0. The first-order valence-electron chi connectivity index (χ1n) is 2.24. The molecule has 2 nitrogen and oxygen atoms in total. The monoisotopic (exact) mass is 224 g/mol. The summed E-state index contributed by atoms with van der Waals surface area (Å²) in [4.78, 5) is 0. The van der Waals surface area contributed by atoms with Gasteiger partial charge >= 0.3 is 0 Å². The molecule has 0 aromatic carbocycles. The van der Waals surface area contributed by atoms with Crippen molar-refractivity contribution in [1.29, 1.82) is 0 Å². The average molecular weight is 224 g/mol. The van der Waals surface area contributed by atoms with Gasteiger partial charge in [0.1, 0.15) is 3.72 Å². The second-order valence-corrected chi connectivity index (χ2v) is 2.43. The molecule has 0 rings (SSSR count). The van der Waals surface area contributed by atoms with Crippen LogP contribution in [0.2, 0.25) is 0 Å². The van der Waals surface area contributed by atoms with E-state index in [4.69, 9.17) is 0 Å². The molecule has 0 aliphatic carbocycles. The highest BCUT2D eigenvalue weighted by atomic mass is 127. The van der Waals surface area contributed by atoms with E-state index in [2.05, 4.69) is 39.7 Å². The van der Waals surface area contributed by atoms with Crippen LogP contribution >= 0.6 is 22.6 Å². The van der Waals surface area contributed by atoms with Crippen LogP contribution < -0.4 is 5.43 Å². The third-order valence-electron chi connectivity index (χ3n) is 0.562. The van der Waals surface area contributed by atoms with Gasteiger partial charge in [-0.2, -0.15) is 5.10 Å². The van der Waals surface area contributed by atoms with Gasteiger partial charge in [0.15, 0.2) is 0 Å². The van der Waals surface area contributed by atoms with Gasteiger partial charge in [-0.25, -0.2) is 0 Å². The van der Waals surface area contributed by atoms with Gasteiger partial charge in [-0.3, -0.25) is 0 Å². The Morgan fingerprint density at radius 2 is 2.25 bits per heavy atom. The molecule has 0 aliphatic heterocycles. The van der Waals surface area contributed by atoms with Crippen LogP contribution in [0.3, 0.4) is 0 Å². The summed E-state index contributed by atoms with van der Waals surface area (Å²) >= 11 is 2.12. The molecule has 0 unspecified atom stereocenters. The van der Waals surface area contributed by atoms with E-state index in [1.165, 1.54) is 0 Å². The Morgan fingerprint density at radius 3 is 2.38 bits per heavy atom. The molecule has 0 fully saturated rings. The van der Waals surface area contributed by atoms with Crippen molar-refractivity contribution in [2.75, 3.05) is 7.05 Å². The quantitative estimate of drug-likeness (QED) is 0.429. The van der Waals surface area contributed by atoms with Crippen LogP contribution in [0.1, 0.15) is 6.92 Å². The highest BCUT2D eigenvalue weighted by Crippen LogP contribution is 1.99. The van der Waals surface area contributed by atoms with Crippen molar-refractivity contribution in [3.05, 3.63) is 12.2 Å². The largest absolute Gasteiger partial charge is 0.312 e. The van der Waals surface area contributed by atoms with Gasteiger partial charge in [0.25, 0.3) is 0 Å². The Bertz CT molecular complexity index is 118. The first-order valence-corrected chi connectivity index (χ1v) is 3.32. The molecule has 0 heterocycles. The number of allylic oxidation sites excluding steroid dienone is 1. The zero-order valence-corrected chi connectivity index (χ0v) is 7.19. The summed E-state index contributed by atoms with van der Waals surface area (Å²) in [6.07, 6.45) is 0. The lowest BCUT2D eigenvalue weighted by Gasteiger charge is -1.92. The second kappa shape index (κ2) is 3.88. The van der Waals surface area contributed by atoms with Gasteiger partial charge in [-0.15, -0.1) is 0 Å². The maximum absolute atomic E-state index is 3.88. The maximum atomic E-state index is 3.88. The first-order chi connectivity index (χ1) is 3.68. The minimum Gasteiger partial charge on any atom is -0.312 e. The summed E-state index contributed by atoms with van der Waals surface area (Å²) in [5, 5.41) is 3.88. The lowest BCUT2D eigenvalue weighted by molar-refractivity contribution is 0.906. The lowest BCUT2D eigenvalue weighted by atomic mass is 10.4. The number of nitrogens with one attached hydrogen (secondary N) is 1. The molecule has 0 spiro atoms. The standard InChI is InChI=1S/C5H9IN2/c1-4(2)5(6)8-7-3/h7H,1H2,2-3H3/b8-5-. The Labute approximate surface area is 63.2 Å². The van der Waals surface area contributed by atoms with Crippen molar-refractivity contribution in [3.63, 3.8) is 0 Å². The molecular weight excluding hydrogens is 215 g/mol. The van der Waals surface area contributed by atoms with Gasteiger partial charge in [0.2, 0.25) is 0 Å². The van der Waals surface area contributed by atoms with Crippen LogP contribution in [0.15, 0.2) is 17.3 Å². The summed E-state index contributed by atoms with van der Waals surface area (Å²) < 4.78 is 0.921. The predicted octanol–water partition coefficient (Wildman–Crippen LogP) is 1.53. The van der Waals surface area contributed by atoms with E-state index in [0.29, 0.717) is 0 Å². The second-order valence-electron chi connectivity index (χ2n) is 1.41. The van der Waals surface area contributed by atoms with E-state index in [9.17, 15) is 0 Å². The zero-order chi connectivity index (χ0) is 6.57. The highest BCUT2D eigenvalue weighted by molar-refractivity contribution is 14.1. The zero-order valence-electron chi connectivity index (χ0n) is 5.03. The normalized spacial score (nSPS) is 11.1. The third kappa shape index (κ3) is 3.01. The number of rotatable bonds is 2. The van der Waals surface area contributed by atoms with Gasteiger partial charge in [-0.05, 0) is 35.1 Å². The van der Waals surface area contributed by atoms with Crippen molar-refractivity contribution in [2.45, 2.75) is 6.92 Å². The fourth-order valence-corrected chi connectivity index (χ4v) is 0.435. The van der Waals surface area contributed by atoms with Crippen LogP contribution in [0.5, 0.6) is 0 Å². The van der Waals surface area contributed by atoms with Crippen LogP contribution in [0.25, 0.3) is 0 Å². The fourth-order valence-electron chi connectivity index (χ4n) is 0.194. The van der Waals surface area contributed by atoms with E-state index in [0.717, 1.165) is 9.29 Å². The number of halogens is 1. The molecule has 0 bridgehead atoms. The SMILES string of the molecule is C=C(C)/C(I)=N/NC. The van der Waals surface area contributed by atoms with Gasteiger partial charge < -0.3 is 5.43 Å². The smallest absolute Gasteiger partial charge is 0.123 e. The summed E-state index contributed by atoms with van der Waals surface area (Å²) in [7, 11) is 1.77. The van der Waals surface area contributed by atoms with E-state index >= 15 is 0 Å². The van der Waals surface area contributed by atoms with Crippen molar-refractivity contribution in [3.8, 4) is 0 Å². The molecule has 8 heavy (non-hydrogen) atoms. The Balaban J connectivity index is 3.80. The van der Waals surface area contributed by atoms with Gasteiger partial charge in [-0.1, -0.05) is 6.58 Å². The minimum atomic E-state index is 0.921. The maximum Gasteiger partial charge on any atom is 0.123 e. The van der Waals surface area contributed by atoms with E-state index in [-0.39, 0.29) is 0 Å². The number of nitrogens with zero attached hydrogens (tertiary/aromatic N) is 1. The minimum absolute atomic E-state index is 0.921. The molecular formula is C5H9IN2. The van der Waals surface area contributed by atoms with Crippen LogP contribution in [-0.2, 0) is 0 Å². The number of hydrazone groups is 1. The first kappa shape index (κ1) is 7.94. The van der Waals surface area contributed by atoms with E-state index in [1.807, 2.05) is 6.92 Å². The molecule has 0 amide bonds. The summed E-state index contributed by atoms with van der Waals surface area (Å²) in [5.41, 5.74) is 3.65. The topological polar surface area (TPSA) is 24.4 Å². The molecule has 0 aromatic rings. The Hall–Kier alpha value is -0.0600. The van der Waals surface area contributed by atoms with E-state index < -0.39 is 0 Å². The lowest BCUT2D eigenvalue weighted by Crippen LogP contribution is -1.98. The van der Waals surface area contributed by atoms with Crippen molar-refractivity contribution < 1.29 is 0 Å². The van der Waals surface area contributed by atoms with Crippen molar-refractivity contribution >= 4 is 26.3 Å². The molecule has 0 aliphatic rings. The van der Waals surface area contributed by atoms with Crippen LogP contribution in [0.4, 0.5) is 0 Å². The average Bonchev–Trinajstić information content (AvgIpc) is 1.67. The molecule has 0 saturated heterocycles. The van der Waals surface area contributed by atoms with Crippen molar-refractivity contribution in [1.82, 2.24) is 5.43 Å². The highest BCUT2D eigenvalue weighted by Gasteiger charge is 1.88. The molecule has 3 heteroatoms. The fraction of sp³-hybridized carbons (Fsp3) is 0.400. The molecule has 0 radical (unpaired) electrons. The van der Waals surface area contributed by atoms with E-state index in [1.54, 1.807) is 7.05 Å². The molecule has 1 N–H and O–H groups in total. The Kier molecular flexibility index (Phi) is 3.85. The molecule has 0 aromatic heterocycles. The Morgan fingerprint density at radius 1 is 1.75 bits per heavy atom. The molecule has 0 atom stereocenters. The van der Waals surface area contributed by atoms with Crippen LogP contribution in [0, 0.1) is 0 Å². The number of hydrogen-bond acceptors (Lipinski definition) is 2. The number of hydrogen-bond donors (Lipinski definition) is 1. The molecule has 0 saturated carbocycles. The third-order valence-corrected chi connectivity index (χ3v) is 1.72.